The number of allylic oxidation sites excluding steroid dienone is 3. The summed E-state index contributed by atoms with van der Waals surface area (Å²) in [4.78, 5) is 0. The van der Waals surface area contributed by atoms with Gasteiger partial charge in [-0.3, -0.25) is 0 Å². The largest absolute Gasteiger partial charge is 0.392 e. The lowest BCUT2D eigenvalue weighted by molar-refractivity contribution is 0.341. The highest BCUT2D eigenvalue weighted by molar-refractivity contribution is 5.04. The van der Waals surface area contributed by atoms with E-state index in [0.29, 0.717) is 0 Å². The SMILES string of the molecule is CCCCCC/C=C/C/C(C)=C/CO. The van der Waals surface area contributed by atoms with Gasteiger partial charge < -0.3 is 5.11 Å². The van der Waals surface area contributed by atoms with Crippen LogP contribution in [0, 0.1) is 0 Å². The highest BCUT2D eigenvalue weighted by Gasteiger charge is 1.86. The fraction of sp³-hybridized carbons (Fsp3) is 0.692. The first-order valence-corrected chi connectivity index (χ1v) is 5.72. The van der Waals surface area contributed by atoms with Gasteiger partial charge in [0.15, 0.2) is 0 Å². The Bertz CT molecular complexity index is 168. The molecule has 0 aromatic rings. The van der Waals surface area contributed by atoms with Gasteiger partial charge in [-0.25, -0.2) is 0 Å². The van der Waals surface area contributed by atoms with Gasteiger partial charge in [-0.15, -0.1) is 0 Å². The number of aliphatic hydroxyl groups is 1. The molecule has 0 atom stereocenters. The van der Waals surface area contributed by atoms with E-state index in [-0.39, 0.29) is 6.61 Å². The predicted molar refractivity (Wildman–Crippen MR) is 63.4 cm³/mol. The van der Waals surface area contributed by atoms with Crippen LogP contribution in [0.25, 0.3) is 0 Å². The monoisotopic (exact) mass is 196 g/mol. The normalized spacial score (nSPS) is 12.6. The minimum Gasteiger partial charge on any atom is -0.392 e. The summed E-state index contributed by atoms with van der Waals surface area (Å²) >= 11 is 0. The molecule has 0 amide bonds. The van der Waals surface area contributed by atoms with Gasteiger partial charge in [0.1, 0.15) is 0 Å². The maximum Gasteiger partial charge on any atom is 0.0615 e. The van der Waals surface area contributed by atoms with Crippen molar-refractivity contribution >= 4 is 0 Å². The van der Waals surface area contributed by atoms with Crippen LogP contribution in [0.1, 0.15) is 52.4 Å². The molecular weight excluding hydrogens is 172 g/mol. The molecule has 0 bridgehead atoms. The first-order valence-electron chi connectivity index (χ1n) is 5.72. The summed E-state index contributed by atoms with van der Waals surface area (Å²) in [5.74, 6) is 0. The van der Waals surface area contributed by atoms with E-state index in [9.17, 15) is 0 Å². The lowest BCUT2D eigenvalue weighted by atomic mass is 10.1. The van der Waals surface area contributed by atoms with Crippen LogP contribution >= 0.6 is 0 Å². The van der Waals surface area contributed by atoms with Crippen LogP contribution in [-0.2, 0) is 0 Å². The number of unbranched alkanes of at least 4 members (excludes halogenated alkanes) is 4. The van der Waals surface area contributed by atoms with Gasteiger partial charge in [0, 0.05) is 0 Å². The third-order valence-electron chi connectivity index (χ3n) is 2.27. The topological polar surface area (TPSA) is 20.2 Å². The molecule has 0 saturated carbocycles. The van der Waals surface area contributed by atoms with Crippen molar-refractivity contribution in [2.24, 2.45) is 0 Å². The molecule has 1 N–H and O–H groups in total. The molecule has 0 aliphatic heterocycles. The first kappa shape index (κ1) is 13.4. The van der Waals surface area contributed by atoms with Crippen molar-refractivity contribution in [3.05, 3.63) is 23.8 Å². The molecular formula is C13H24O. The molecule has 0 aliphatic carbocycles. The average molecular weight is 196 g/mol. The maximum absolute atomic E-state index is 8.64. The third-order valence-corrected chi connectivity index (χ3v) is 2.27. The van der Waals surface area contributed by atoms with Gasteiger partial charge in [0.25, 0.3) is 0 Å². The van der Waals surface area contributed by atoms with Crippen molar-refractivity contribution in [2.45, 2.75) is 52.4 Å². The summed E-state index contributed by atoms with van der Waals surface area (Å²) < 4.78 is 0. The molecule has 82 valence electrons. The standard InChI is InChI=1S/C13H24O/c1-3-4-5-6-7-8-9-10-13(2)11-12-14/h8-9,11,14H,3-7,10,12H2,1-2H3/b9-8+,13-11+. The molecule has 14 heavy (non-hydrogen) atoms. The number of aliphatic hydroxyl groups excluding tert-OH is 1. The zero-order valence-electron chi connectivity index (χ0n) is 9.63. The molecule has 0 saturated heterocycles. The highest BCUT2D eigenvalue weighted by atomic mass is 16.2. The van der Waals surface area contributed by atoms with Gasteiger partial charge in [-0.05, 0) is 26.2 Å². The summed E-state index contributed by atoms with van der Waals surface area (Å²) in [6.07, 6.45) is 13.8. The van der Waals surface area contributed by atoms with Crippen molar-refractivity contribution in [1.29, 1.82) is 0 Å². The van der Waals surface area contributed by atoms with Crippen LogP contribution < -0.4 is 0 Å². The summed E-state index contributed by atoms with van der Waals surface area (Å²) in [6.45, 7) is 4.45. The number of rotatable bonds is 8. The quantitative estimate of drug-likeness (QED) is 0.462. The Hall–Kier alpha value is -0.560. The van der Waals surface area contributed by atoms with Crippen molar-refractivity contribution < 1.29 is 5.11 Å². The smallest absolute Gasteiger partial charge is 0.0615 e. The summed E-state index contributed by atoms with van der Waals surface area (Å²) in [7, 11) is 0. The Balaban J connectivity index is 3.31. The van der Waals surface area contributed by atoms with Crippen LogP contribution in [0.2, 0.25) is 0 Å². The summed E-state index contributed by atoms with van der Waals surface area (Å²) in [6, 6.07) is 0. The lowest BCUT2D eigenvalue weighted by Gasteiger charge is -1.95. The third kappa shape index (κ3) is 9.53. The Kier molecular flexibility index (Phi) is 10.1. The van der Waals surface area contributed by atoms with E-state index in [1.54, 1.807) is 0 Å². The van der Waals surface area contributed by atoms with Crippen LogP contribution in [0.5, 0.6) is 0 Å². The number of hydrogen-bond acceptors (Lipinski definition) is 1. The van der Waals surface area contributed by atoms with Gasteiger partial charge >= 0.3 is 0 Å². The second-order valence-corrected chi connectivity index (χ2v) is 3.76. The van der Waals surface area contributed by atoms with Crippen molar-refractivity contribution in [1.82, 2.24) is 0 Å². The van der Waals surface area contributed by atoms with E-state index >= 15 is 0 Å². The molecule has 1 nitrogen and oxygen atoms in total. The molecule has 1 heteroatoms. The lowest BCUT2D eigenvalue weighted by Crippen LogP contribution is -1.78. The van der Waals surface area contributed by atoms with E-state index in [1.165, 1.54) is 37.7 Å². The Labute approximate surface area is 88.5 Å². The van der Waals surface area contributed by atoms with Crippen LogP contribution in [0.15, 0.2) is 23.8 Å². The molecule has 0 unspecified atom stereocenters. The van der Waals surface area contributed by atoms with E-state index in [4.69, 9.17) is 5.11 Å². The summed E-state index contributed by atoms with van der Waals surface area (Å²) in [5.41, 5.74) is 1.25. The first-order chi connectivity index (χ1) is 6.81. The number of hydrogen-bond donors (Lipinski definition) is 1. The van der Waals surface area contributed by atoms with Gasteiger partial charge in [-0.1, -0.05) is 50.0 Å². The fourth-order valence-electron chi connectivity index (χ4n) is 1.32. The molecule has 0 radical (unpaired) electrons. The van der Waals surface area contributed by atoms with Crippen LogP contribution in [0.3, 0.4) is 0 Å². The highest BCUT2D eigenvalue weighted by Crippen LogP contribution is 2.05. The summed E-state index contributed by atoms with van der Waals surface area (Å²) in [5, 5.41) is 8.64. The van der Waals surface area contributed by atoms with E-state index in [1.807, 2.05) is 6.08 Å². The second kappa shape index (κ2) is 10.5. The van der Waals surface area contributed by atoms with E-state index in [2.05, 4.69) is 26.0 Å². The van der Waals surface area contributed by atoms with Gasteiger partial charge in [0.2, 0.25) is 0 Å². The maximum atomic E-state index is 8.64. The van der Waals surface area contributed by atoms with Gasteiger partial charge in [0.05, 0.1) is 6.61 Å². The van der Waals surface area contributed by atoms with Crippen LogP contribution in [-0.4, -0.2) is 11.7 Å². The van der Waals surface area contributed by atoms with Crippen molar-refractivity contribution in [2.75, 3.05) is 6.61 Å². The Morgan fingerprint density at radius 2 is 1.93 bits per heavy atom. The Morgan fingerprint density at radius 1 is 1.14 bits per heavy atom. The molecule has 0 aromatic carbocycles. The zero-order chi connectivity index (χ0) is 10.6. The molecule has 0 spiro atoms. The zero-order valence-corrected chi connectivity index (χ0v) is 9.63. The van der Waals surface area contributed by atoms with Gasteiger partial charge in [-0.2, -0.15) is 0 Å². The van der Waals surface area contributed by atoms with E-state index in [0.717, 1.165) is 6.42 Å². The minimum atomic E-state index is 0.163. The Morgan fingerprint density at radius 3 is 2.57 bits per heavy atom. The average Bonchev–Trinajstić information content (AvgIpc) is 2.17. The van der Waals surface area contributed by atoms with Crippen LogP contribution in [0.4, 0.5) is 0 Å². The molecule has 0 fully saturated rings. The van der Waals surface area contributed by atoms with E-state index < -0.39 is 0 Å². The fourth-order valence-corrected chi connectivity index (χ4v) is 1.32. The molecule has 0 aromatic heterocycles. The van der Waals surface area contributed by atoms with Crippen molar-refractivity contribution in [3.8, 4) is 0 Å². The predicted octanol–water partition coefficient (Wildman–Crippen LogP) is 3.84. The second-order valence-electron chi connectivity index (χ2n) is 3.76. The minimum absolute atomic E-state index is 0.163. The van der Waals surface area contributed by atoms with Crippen molar-refractivity contribution in [3.63, 3.8) is 0 Å². The molecule has 0 aliphatic rings. The molecule has 0 heterocycles. The molecule has 0 rings (SSSR count).